The Morgan fingerprint density at radius 3 is 2.57 bits per heavy atom. The number of sulfonamides is 1. The number of phenolic OH excluding ortho intramolecular Hbond substituents is 1. The molecule has 0 aliphatic carbocycles. The topological polar surface area (TPSA) is 108 Å². The fourth-order valence-corrected chi connectivity index (χ4v) is 3.49. The minimum absolute atomic E-state index is 0.0771. The van der Waals surface area contributed by atoms with Gasteiger partial charge in [0.1, 0.15) is 12.4 Å². The van der Waals surface area contributed by atoms with E-state index in [1.54, 1.807) is 6.07 Å². The molecule has 0 radical (unpaired) electrons. The number of nitrogens with zero attached hydrogens (tertiary/aromatic N) is 2. The van der Waals surface area contributed by atoms with Gasteiger partial charge in [0.25, 0.3) is 5.91 Å². The van der Waals surface area contributed by atoms with E-state index < -0.39 is 28.3 Å². The quantitative estimate of drug-likeness (QED) is 0.473. The summed E-state index contributed by atoms with van der Waals surface area (Å²) in [6.07, 6.45) is 2.24. The lowest BCUT2D eigenvalue weighted by Gasteiger charge is -2.21. The van der Waals surface area contributed by atoms with Gasteiger partial charge in [-0.25, -0.2) is 18.2 Å². The van der Waals surface area contributed by atoms with Crippen LogP contribution < -0.4 is 14.5 Å². The third-order valence-corrected chi connectivity index (χ3v) is 5.22. The largest absolute Gasteiger partial charge is 0.503 e. The Hall–Kier alpha value is -2.66. The number of halogens is 2. The molecular weight excluding hydrogens is 457 g/mol. The van der Waals surface area contributed by atoms with Crippen LogP contribution >= 0.6 is 15.9 Å². The van der Waals surface area contributed by atoms with E-state index in [9.17, 15) is 22.7 Å². The van der Waals surface area contributed by atoms with Gasteiger partial charge in [-0.2, -0.15) is 5.10 Å². The summed E-state index contributed by atoms with van der Waals surface area (Å²) in [5.74, 6) is -1.09. The lowest BCUT2D eigenvalue weighted by molar-refractivity contribution is -0.119. The van der Waals surface area contributed by atoms with Crippen LogP contribution in [0.3, 0.4) is 0 Å². The van der Waals surface area contributed by atoms with Gasteiger partial charge in [0.05, 0.1) is 29.7 Å². The molecule has 0 fully saturated rings. The molecule has 0 atom stereocenters. The highest BCUT2D eigenvalue weighted by Crippen LogP contribution is 2.34. The molecule has 2 aromatic carbocycles. The summed E-state index contributed by atoms with van der Waals surface area (Å²) in [5, 5.41) is 13.5. The van der Waals surface area contributed by atoms with Crippen molar-refractivity contribution in [3.05, 3.63) is 52.3 Å². The van der Waals surface area contributed by atoms with Crippen LogP contribution in [0.5, 0.6) is 11.5 Å². The lowest BCUT2D eigenvalue weighted by Crippen LogP contribution is -2.39. The molecule has 2 rings (SSSR count). The van der Waals surface area contributed by atoms with Crippen molar-refractivity contribution < 1.29 is 27.4 Å². The highest BCUT2D eigenvalue weighted by molar-refractivity contribution is 9.10. The molecule has 0 aromatic heterocycles. The predicted octanol–water partition coefficient (Wildman–Crippen LogP) is 2.22. The summed E-state index contributed by atoms with van der Waals surface area (Å²) < 4.78 is 43.2. The van der Waals surface area contributed by atoms with Gasteiger partial charge in [0.2, 0.25) is 10.0 Å². The summed E-state index contributed by atoms with van der Waals surface area (Å²) in [4.78, 5) is 12.1. The first-order chi connectivity index (χ1) is 13.1. The Morgan fingerprint density at radius 2 is 2.00 bits per heavy atom. The third kappa shape index (κ3) is 5.67. The van der Waals surface area contributed by atoms with E-state index >= 15 is 0 Å². The number of hydrogen-bond donors (Lipinski definition) is 2. The van der Waals surface area contributed by atoms with Crippen molar-refractivity contribution in [1.29, 1.82) is 0 Å². The second kappa shape index (κ2) is 9.02. The third-order valence-electron chi connectivity index (χ3n) is 3.48. The molecule has 150 valence electrons. The zero-order valence-corrected chi connectivity index (χ0v) is 17.3. The summed E-state index contributed by atoms with van der Waals surface area (Å²) in [6, 6.07) is 7.76. The van der Waals surface area contributed by atoms with Crippen LogP contribution in [-0.2, 0) is 14.8 Å². The number of hydrogen-bond acceptors (Lipinski definition) is 6. The van der Waals surface area contributed by atoms with Crippen LogP contribution in [0.15, 0.2) is 46.0 Å². The minimum atomic E-state index is -3.77. The normalized spacial score (nSPS) is 11.4. The first kappa shape index (κ1) is 21.6. The molecule has 11 heteroatoms. The summed E-state index contributed by atoms with van der Waals surface area (Å²) in [6.45, 7) is -0.537. The molecule has 0 saturated heterocycles. The molecule has 0 spiro atoms. The van der Waals surface area contributed by atoms with Gasteiger partial charge >= 0.3 is 0 Å². The molecule has 8 nitrogen and oxygen atoms in total. The van der Waals surface area contributed by atoms with Crippen molar-refractivity contribution in [3.63, 3.8) is 0 Å². The maximum Gasteiger partial charge on any atom is 0.260 e. The van der Waals surface area contributed by atoms with E-state index in [4.69, 9.17) is 4.74 Å². The van der Waals surface area contributed by atoms with Gasteiger partial charge in [0, 0.05) is 0 Å². The van der Waals surface area contributed by atoms with Crippen molar-refractivity contribution in [3.8, 4) is 11.5 Å². The molecule has 0 aliphatic heterocycles. The van der Waals surface area contributed by atoms with Crippen LogP contribution in [0.4, 0.5) is 10.1 Å². The average Bonchev–Trinajstić information content (AvgIpc) is 2.62. The highest BCUT2D eigenvalue weighted by atomic mass is 79.9. The number of nitrogens with one attached hydrogen (secondary N) is 1. The van der Waals surface area contributed by atoms with E-state index in [1.165, 1.54) is 31.5 Å². The van der Waals surface area contributed by atoms with E-state index in [0.717, 1.165) is 22.7 Å². The fourth-order valence-electron chi connectivity index (χ4n) is 2.18. The van der Waals surface area contributed by atoms with E-state index in [1.807, 2.05) is 0 Å². The predicted molar refractivity (Wildman–Crippen MR) is 107 cm³/mol. The van der Waals surface area contributed by atoms with Crippen molar-refractivity contribution >= 4 is 43.8 Å². The maximum absolute atomic E-state index is 13.1. The molecule has 0 bridgehead atoms. The fraction of sp³-hybridized carbons (Fsp3) is 0.176. The Kier molecular flexibility index (Phi) is 6.97. The summed E-state index contributed by atoms with van der Waals surface area (Å²) >= 11 is 3.16. The van der Waals surface area contributed by atoms with E-state index in [0.29, 0.717) is 10.0 Å². The van der Waals surface area contributed by atoms with Gasteiger partial charge < -0.3 is 9.84 Å². The van der Waals surface area contributed by atoms with Gasteiger partial charge in [0.15, 0.2) is 11.5 Å². The number of carbonyl (C=O) groups is 1. The molecule has 2 N–H and O–H groups in total. The van der Waals surface area contributed by atoms with Crippen molar-refractivity contribution in [2.45, 2.75) is 0 Å². The Morgan fingerprint density at radius 1 is 1.36 bits per heavy atom. The van der Waals surface area contributed by atoms with Gasteiger partial charge in [-0.15, -0.1) is 0 Å². The van der Waals surface area contributed by atoms with Crippen molar-refractivity contribution in [2.75, 3.05) is 24.2 Å². The molecular formula is C17H17BrFN3O5S. The second-order valence-corrected chi connectivity index (χ2v) is 8.35. The maximum atomic E-state index is 13.1. The van der Waals surface area contributed by atoms with E-state index in [-0.39, 0.29) is 17.2 Å². The first-order valence-corrected chi connectivity index (χ1v) is 10.4. The molecule has 0 saturated carbocycles. The molecule has 0 unspecified atom stereocenters. The monoisotopic (exact) mass is 473 g/mol. The Bertz CT molecular complexity index is 997. The Labute approximate surface area is 169 Å². The number of aromatic hydroxyl groups is 1. The number of carbonyl (C=O) groups excluding carboxylic acids is 1. The zero-order valence-electron chi connectivity index (χ0n) is 14.9. The minimum Gasteiger partial charge on any atom is -0.503 e. The number of methoxy groups -OCH3 is 1. The number of anilines is 1. The van der Waals surface area contributed by atoms with Gasteiger partial charge in [-0.05, 0) is 57.9 Å². The molecule has 0 heterocycles. The van der Waals surface area contributed by atoms with Crippen LogP contribution in [-0.4, -0.2) is 45.6 Å². The van der Waals surface area contributed by atoms with Crippen molar-refractivity contribution in [1.82, 2.24) is 5.43 Å². The van der Waals surface area contributed by atoms with Gasteiger partial charge in [-0.1, -0.05) is 0 Å². The zero-order chi connectivity index (χ0) is 20.9. The van der Waals surface area contributed by atoms with Crippen molar-refractivity contribution in [2.24, 2.45) is 5.10 Å². The first-order valence-electron chi connectivity index (χ1n) is 7.73. The number of hydrazone groups is 1. The smallest absolute Gasteiger partial charge is 0.260 e. The number of phenols is 1. The van der Waals surface area contributed by atoms with E-state index in [2.05, 4.69) is 26.5 Å². The van der Waals surface area contributed by atoms with Crippen LogP contribution in [0.1, 0.15) is 5.56 Å². The lowest BCUT2D eigenvalue weighted by atomic mass is 10.2. The summed E-state index contributed by atoms with van der Waals surface area (Å²) in [7, 11) is -2.39. The summed E-state index contributed by atoms with van der Waals surface area (Å²) in [5.41, 5.74) is 2.88. The number of ether oxygens (including phenoxy) is 1. The molecule has 1 amide bonds. The second-order valence-electron chi connectivity index (χ2n) is 5.59. The SMILES string of the molecule is COc1cc(/C=N\NC(=O)CN(c2ccc(F)cc2)S(C)(=O)=O)cc(Br)c1O. The van der Waals surface area contributed by atoms with Crippen LogP contribution in [0.2, 0.25) is 0 Å². The Balaban J connectivity index is 2.10. The number of rotatable bonds is 7. The standard InChI is InChI=1S/C17H17BrFN3O5S/c1-27-15-8-11(7-14(18)17(15)24)9-20-21-16(23)10-22(28(2,25)26)13-5-3-12(19)4-6-13/h3-9,24H,10H2,1-2H3,(H,21,23)/b20-9-. The van der Waals surface area contributed by atoms with Crippen LogP contribution in [0, 0.1) is 5.82 Å². The average molecular weight is 474 g/mol. The molecule has 2 aromatic rings. The van der Waals surface area contributed by atoms with Gasteiger partial charge in [-0.3, -0.25) is 9.10 Å². The number of amides is 1. The van der Waals surface area contributed by atoms with Crippen LogP contribution in [0.25, 0.3) is 0 Å². The molecule has 28 heavy (non-hydrogen) atoms. The molecule has 0 aliphatic rings. The number of benzene rings is 2. The highest BCUT2D eigenvalue weighted by Gasteiger charge is 2.20.